The van der Waals surface area contributed by atoms with Crippen LogP contribution >= 0.6 is 0 Å². The van der Waals surface area contributed by atoms with E-state index >= 15 is 0 Å². The molecule has 3 aromatic carbocycles. The minimum absolute atomic E-state index is 0.0000221. The standard InChI is InChI=1S/C51H60N8O7/c1-50(2,3)59(49(63)64)42(43-18-10-11-27-65-43)31-57-25-12-16-40(57)45-52-30-39(55-45)33-21-19-32(20-22-33)38-29-35-28-36(23-24-37(35)54-38)53-46(60)41-17-13-26-58(41)47(61)44(34-14-8-7-9-15-34)56-48(62)66-51(4,5)6/h7-11,14-15,18-24,27-30,40-44,54H,12-13,16-17,25-26,31H2,1-6H3,(H,52,55)(H,53,60)(H,56,62)(H,63,64)/t40-,41-,42+,43?,44+/m0/s1. The lowest BCUT2D eigenvalue weighted by Gasteiger charge is -2.44. The third kappa shape index (κ3) is 10.3. The van der Waals surface area contributed by atoms with Gasteiger partial charge in [-0.1, -0.05) is 60.7 Å². The Morgan fingerprint density at radius 3 is 2.30 bits per heavy atom. The summed E-state index contributed by atoms with van der Waals surface area (Å²) in [6.45, 7) is 12.7. The molecule has 3 aliphatic rings. The van der Waals surface area contributed by atoms with Crippen LogP contribution in [-0.4, -0.2) is 108 Å². The molecule has 0 aliphatic carbocycles. The fourth-order valence-electron chi connectivity index (χ4n) is 9.37. The normalized spacial score (nSPS) is 19.6. The van der Waals surface area contributed by atoms with Crippen molar-refractivity contribution in [1.82, 2.24) is 35.0 Å². The second-order valence-electron chi connectivity index (χ2n) is 19.3. The molecule has 15 heteroatoms. The predicted molar refractivity (Wildman–Crippen MR) is 253 cm³/mol. The molecule has 5 heterocycles. The number of fused-ring (bicyclic) bond motifs is 1. The Hall–Kier alpha value is -6.87. The number of hydrogen-bond donors (Lipinski definition) is 5. The maximum Gasteiger partial charge on any atom is 0.408 e. The molecule has 15 nitrogen and oxygen atoms in total. The van der Waals surface area contributed by atoms with Crippen molar-refractivity contribution in [2.75, 3.05) is 25.0 Å². The zero-order valence-electron chi connectivity index (χ0n) is 38.4. The number of hydrogen-bond acceptors (Lipinski definition) is 8. The van der Waals surface area contributed by atoms with Gasteiger partial charge in [0.2, 0.25) is 5.91 Å². The largest absolute Gasteiger partial charge is 0.492 e. The lowest BCUT2D eigenvalue weighted by atomic mass is 9.98. The van der Waals surface area contributed by atoms with Crippen molar-refractivity contribution in [2.24, 2.45) is 0 Å². The van der Waals surface area contributed by atoms with Gasteiger partial charge in [0.15, 0.2) is 0 Å². The molecule has 8 rings (SSSR count). The van der Waals surface area contributed by atoms with Gasteiger partial charge in [0.25, 0.3) is 5.91 Å². The van der Waals surface area contributed by atoms with Crippen LogP contribution in [0.2, 0.25) is 0 Å². The van der Waals surface area contributed by atoms with E-state index in [4.69, 9.17) is 14.5 Å². The van der Waals surface area contributed by atoms with Crippen molar-refractivity contribution >= 4 is 40.6 Å². The lowest BCUT2D eigenvalue weighted by Crippen LogP contribution is -2.59. The topological polar surface area (TPSA) is 185 Å². The quantitative estimate of drug-likeness (QED) is 0.0815. The van der Waals surface area contributed by atoms with Gasteiger partial charge in [-0.05, 0) is 127 Å². The highest BCUT2D eigenvalue weighted by atomic mass is 16.6. The number of anilines is 1. The number of aromatic nitrogens is 3. The monoisotopic (exact) mass is 896 g/mol. The smallest absolute Gasteiger partial charge is 0.408 e. The number of ether oxygens (including phenoxy) is 2. The molecule has 2 aromatic heterocycles. The molecule has 0 radical (unpaired) electrons. The van der Waals surface area contributed by atoms with Crippen LogP contribution in [0.1, 0.15) is 90.7 Å². The first-order valence-corrected chi connectivity index (χ1v) is 22.7. The summed E-state index contributed by atoms with van der Waals surface area (Å²) in [5, 5.41) is 17.0. The maximum absolute atomic E-state index is 14.1. The molecular formula is C51H60N8O7. The van der Waals surface area contributed by atoms with Gasteiger partial charge in [-0.25, -0.2) is 14.6 Å². The van der Waals surface area contributed by atoms with E-state index in [1.165, 1.54) is 4.90 Å². The molecule has 2 fully saturated rings. The third-order valence-electron chi connectivity index (χ3n) is 12.3. The number of imidazole rings is 1. The Bertz CT molecular complexity index is 2600. The lowest BCUT2D eigenvalue weighted by molar-refractivity contribution is -0.138. The Morgan fingerprint density at radius 1 is 0.894 bits per heavy atom. The summed E-state index contributed by atoms with van der Waals surface area (Å²) in [5.74, 6) is 0.180. The summed E-state index contributed by atoms with van der Waals surface area (Å²) in [7, 11) is 0. The van der Waals surface area contributed by atoms with Crippen LogP contribution in [-0.2, 0) is 19.1 Å². The van der Waals surface area contributed by atoms with E-state index in [1.54, 1.807) is 62.3 Å². The number of carbonyl (C=O) groups is 4. The number of nitrogens with one attached hydrogen (secondary N) is 4. The third-order valence-corrected chi connectivity index (χ3v) is 12.3. The fraction of sp³-hybridized carbons (Fsp3) is 0.392. The second kappa shape index (κ2) is 18.9. The number of rotatable bonds is 12. The first-order chi connectivity index (χ1) is 31.5. The van der Waals surface area contributed by atoms with Gasteiger partial charge in [0, 0.05) is 40.9 Å². The van der Waals surface area contributed by atoms with Gasteiger partial charge in [0.05, 0.1) is 30.2 Å². The molecule has 4 amide bonds. The van der Waals surface area contributed by atoms with Crippen LogP contribution < -0.4 is 10.6 Å². The van der Waals surface area contributed by atoms with Crippen molar-refractivity contribution in [2.45, 2.75) is 109 Å². The van der Waals surface area contributed by atoms with Gasteiger partial charge < -0.3 is 40.1 Å². The molecule has 66 heavy (non-hydrogen) atoms. The second-order valence-corrected chi connectivity index (χ2v) is 19.3. The zero-order chi connectivity index (χ0) is 46.8. The molecule has 0 bridgehead atoms. The van der Waals surface area contributed by atoms with Crippen molar-refractivity contribution in [1.29, 1.82) is 0 Å². The summed E-state index contributed by atoms with van der Waals surface area (Å²) in [6.07, 6.45) is 10.0. The SMILES string of the molecule is CC(C)(C)OC(=O)N[C@@H](C(=O)N1CCC[C@H]1C(=O)Nc1ccc2[nH]c(-c3ccc(-c4cnc([C@@H]5CCCN5C[C@H](C5C=CC=CO5)N(C(=O)O)C(C)(C)C)[nH]4)cc3)cc2c1)c1ccccc1. The van der Waals surface area contributed by atoms with Crippen molar-refractivity contribution in [3.63, 3.8) is 0 Å². The molecule has 346 valence electrons. The van der Waals surface area contributed by atoms with Gasteiger partial charge >= 0.3 is 12.2 Å². The number of benzene rings is 3. The summed E-state index contributed by atoms with van der Waals surface area (Å²) in [4.78, 5) is 70.7. The van der Waals surface area contributed by atoms with Crippen LogP contribution in [0.5, 0.6) is 0 Å². The average Bonchev–Trinajstić information content (AvgIpc) is 4.12. The molecule has 3 aliphatic heterocycles. The van der Waals surface area contributed by atoms with Crippen molar-refractivity contribution in [3.05, 3.63) is 121 Å². The predicted octanol–water partition coefficient (Wildman–Crippen LogP) is 9.17. The van der Waals surface area contributed by atoms with Crippen LogP contribution in [0, 0.1) is 0 Å². The molecular weight excluding hydrogens is 837 g/mol. The Balaban J connectivity index is 0.926. The van der Waals surface area contributed by atoms with E-state index in [-0.39, 0.29) is 17.9 Å². The Labute approximate surface area is 385 Å². The van der Waals surface area contributed by atoms with Gasteiger partial charge in [0.1, 0.15) is 29.6 Å². The van der Waals surface area contributed by atoms with Gasteiger partial charge in [-0.3, -0.25) is 19.4 Å². The van der Waals surface area contributed by atoms with E-state index in [0.717, 1.165) is 58.6 Å². The number of aromatic amines is 2. The highest BCUT2D eigenvalue weighted by molar-refractivity contribution is 6.00. The minimum Gasteiger partial charge on any atom is -0.492 e. The minimum atomic E-state index is -1.02. The summed E-state index contributed by atoms with van der Waals surface area (Å²) >= 11 is 0. The molecule has 2 saturated heterocycles. The first-order valence-electron chi connectivity index (χ1n) is 22.7. The molecule has 0 saturated carbocycles. The van der Waals surface area contributed by atoms with Crippen molar-refractivity contribution in [3.8, 4) is 22.5 Å². The summed E-state index contributed by atoms with van der Waals surface area (Å²) in [6, 6.07) is 22.8. The highest BCUT2D eigenvalue weighted by Crippen LogP contribution is 2.35. The zero-order valence-corrected chi connectivity index (χ0v) is 38.4. The molecule has 0 spiro atoms. The number of carboxylic acid groups (broad SMARTS) is 1. The van der Waals surface area contributed by atoms with E-state index in [2.05, 4.69) is 49.8 Å². The number of carbonyl (C=O) groups excluding carboxylic acids is 3. The maximum atomic E-state index is 14.1. The van der Waals surface area contributed by atoms with Gasteiger partial charge in [-0.2, -0.15) is 0 Å². The first kappa shape index (κ1) is 45.7. The Morgan fingerprint density at radius 2 is 1.62 bits per heavy atom. The molecule has 5 atom stereocenters. The number of amides is 4. The van der Waals surface area contributed by atoms with Crippen LogP contribution in [0.15, 0.2) is 110 Å². The summed E-state index contributed by atoms with van der Waals surface area (Å²) < 4.78 is 11.4. The number of H-pyrrole nitrogens is 2. The van der Waals surface area contributed by atoms with E-state index in [9.17, 15) is 24.3 Å². The number of allylic oxidation sites excluding steroid dienone is 2. The molecule has 5 N–H and O–H groups in total. The Kier molecular flexibility index (Phi) is 13.1. The number of alkyl carbamates (subject to hydrolysis) is 1. The molecule has 5 aromatic rings. The van der Waals surface area contributed by atoms with Crippen molar-refractivity contribution < 1.29 is 33.8 Å². The summed E-state index contributed by atoms with van der Waals surface area (Å²) in [5.41, 5.74) is 4.49. The number of nitrogens with zero attached hydrogens (tertiary/aromatic N) is 4. The van der Waals surface area contributed by atoms with Gasteiger partial charge in [-0.15, -0.1) is 0 Å². The van der Waals surface area contributed by atoms with Crippen LogP contribution in [0.4, 0.5) is 15.3 Å². The van der Waals surface area contributed by atoms with E-state index < -0.39 is 47.6 Å². The van der Waals surface area contributed by atoms with Crippen LogP contribution in [0.25, 0.3) is 33.4 Å². The van der Waals surface area contributed by atoms with Crippen LogP contribution in [0.3, 0.4) is 0 Å². The highest BCUT2D eigenvalue weighted by Gasteiger charge is 2.42. The molecule has 1 unspecified atom stereocenters. The van der Waals surface area contributed by atoms with E-state index in [0.29, 0.717) is 37.2 Å². The number of likely N-dealkylation sites (tertiary alicyclic amines) is 2. The fourth-order valence-corrected chi connectivity index (χ4v) is 9.37. The average molecular weight is 897 g/mol. The van der Waals surface area contributed by atoms with E-state index in [1.807, 2.05) is 69.5 Å².